The number of rotatable bonds is 5. The van der Waals surface area contributed by atoms with Gasteiger partial charge in [-0.1, -0.05) is 18.2 Å². The minimum absolute atomic E-state index is 0.141. The molecule has 0 unspecified atom stereocenters. The third-order valence-electron chi connectivity index (χ3n) is 4.15. The van der Waals surface area contributed by atoms with Crippen LogP contribution < -0.4 is 10.6 Å². The van der Waals surface area contributed by atoms with Gasteiger partial charge < -0.3 is 10.6 Å². The number of carbonyl (C=O) groups excluding carboxylic acids is 1. The standard InChI is InChI=1S/C17H22N4O/c22-17(12-14-6-9-18-10-7-14)19-13-15-4-1-2-5-16(15)21-11-3-8-20-21/h1-5,8,11,14,18H,6-7,9-10,12-13H2,(H,19,22). The summed E-state index contributed by atoms with van der Waals surface area (Å²) >= 11 is 0. The number of nitrogens with zero attached hydrogens (tertiary/aromatic N) is 2. The molecule has 1 aliphatic heterocycles. The highest BCUT2D eigenvalue weighted by Gasteiger charge is 2.16. The highest BCUT2D eigenvalue weighted by atomic mass is 16.1. The molecule has 1 amide bonds. The maximum Gasteiger partial charge on any atom is 0.220 e. The Morgan fingerprint density at radius 3 is 2.86 bits per heavy atom. The minimum Gasteiger partial charge on any atom is -0.352 e. The lowest BCUT2D eigenvalue weighted by Gasteiger charge is -2.22. The van der Waals surface area contributed by atoms with E-state index in [4.69, 9.17) is 0 Å². The van der Waals surface area contributed by atoms with Crippen LogP contribution >= 0.6 is 0 Å². The molecule has 5 heteroatoms. The van der Waals surface area contributed by atoms with Crippen molar-refractivity contribution in [2.45, 2.75) is 25.8 Å². The molecule has 1 aliphatic rings. The highest BCUT2D eigenvalue weighted by molar-refractivity contribution is 5.76. The molecule has 5 nitrogen and oxygen atoms in total. The minimum atomic E-state index is 0.141. The summed E-state index contributed by atoms with van der Waals surface area (Å²) in [4.78, 5) is 12.1. The molecule has 22 heavy (non-hydrogen) atoms. The molecule has 2 heterocycles. The lowest BCUT2D eigenvalue weighted by molar-refractivity contribution is -0.122. The summed E-state index contributed by atoms with van der Waals surface area (Å²) in [6.45, 7) is 2.60. The molecule has 1 fully saturated rings. The van der Waals surface area contributed by atoms with Crippen LogP contribution in [0.25, 0.3) is 5.69 Å². The Labute approximate surface area is 130 Å². The van der Waals surface area contributed by atoms with Gasteiger partial charge in [0, 0.05) is 25.4 Å². The normalized spacial score (nSPS) is 15.6. The predicted molar refractivity (Wildman–Crippen MR) is 85.6 cm³/mol. The molecule has 0 saturated carbocycles. The summed E-state index contributed by atoms with van der Waals surface area (Å²) in [6, 6.07) is 9.91. The van der Waals surface area contributed by atoms with Gasteiger partial charge in [0.2, 0.25) is 5.91 Å². The van der Waals surface area contributed by atoms with Crippen molar-refractivity contribution in [2.24, 2.45) is 5.92 Å². The topological polar surface area (TPSA) is 59.0 Å². The number of benzene rings is 1. The molecular formula is C17H22N4O. The van der Waals surface area contributed by atoms with E-state index < -0.39 is 0 Å². The molecule has 1 saturated heterocycles. The maximum atomic E-state index is 12.1. The van der Waals surface area contributed by atoms with Crippen molar-refractivity contribution in [3.63, 3.8) is 0 Å². The lowest BCUT2D eigenvalue weighted by Crippen LogP contribution is -2.32. The van der Waals surface area contributed by atoms with Crippen LogP contribution in [-0.4, -0.2) is 28.8 Å². The van der Waals surface area contributed by atoms with Crippen LogP contribution in [0.2, 0.25) is 0 Å². The lowest BCUT2D eigenvalue weighted by atomic mass is 9.94. The molecule has 0 radical (unpaired) electrons. The molecule has 1 aromatic heterocycles. The van der Waals surface area contributed by atoms with Gasteiger partial charge in [0.25, 0.3) is 0 Å². The van der Waals surface area contributed by atoms with Crippen LogP contribution in [0.4, 0.5) is 0 Å². The van der Waals surface area contributed by atoms with E-state index in [1.165, 1.54) is 0 Å². The third-order valence-corrected chi connectivity index (χ3v) is 4.15. The number of amides is 1. The molecule has 3 rings (SSSR count). The van der Waals surface area contributed by atoms with Crippen molar-refractivity contribution < 1.29 is 4.79 Å². The first-order valence-electron chi connectivity index (χ1n) is 7.88. The second-order valence-electron chi connectivity index (χ2n) is 5.75. The summed E-state index contributed by atoms with van der Waals surface area (Å²) < 4.78 is 1.83. The fourth-order valence-corrected chi connectivity index (χ4v) is 2.91. The van der Waals surface area contributed by atoms with Crippen LogP contribution in [0.5, 0.6) is 0 Å². The number of piperidine rings is 1. The summed E-state index contributed by atoms with van der Waals surface area (Å²) in [5, 5.41) is 10.6. The first kappa shape index (κ1) is 14.8. The Hall–Kier alpha value is -2.14. The van der Waals surface area contributed by atoms with E-state index in [-0.39, 0.29) is 5.91 Å². The van der Waals surface area contributed by atoms with Crippen LogP contribution in [0, 0.1) is 5.92 Å². The summed E-state index contributed by atoms with van der Waals surface area (Å²) in [7, 11) is 0. The number of para-hydroxylation sites is 1. The fourth-order valence-electron chi connectivity index (χ4n) is 2.91. The quantitative estimate of drug-likeness (QED) is 0.886. The summed E-state index contributed by atoms with van der Waals surface area (Å²) in [5.74, 6) is 0.657. The molecular weight excluding hydrogens is 276 g/mol. The number of hydrogen-bond donors (Lipinski definition) is 2. The largest absolute Gasteiger partial charge is 0.352 e. The Morgan fingerprint density at radius 2 is 2.09 bits per heavy atom. The van der Waals surface area contributed by atoms with E-state index in [9.17, 15) is 4.79 Å². The van der Waals surface area contributed by atoms with Crippen molar-refractivity contribution in [3.8, 4) is 5.69 Å². The van der Waals surface area contributed by atoms with Gasteiger partial charge in [-0.15, -0.1) is 0 Å². The Bertz CT molecular complexity index is 603. The van der Waals surface area contributed by atoms with Gasteiger partial charge in [-0.05, 0) is 49.5 Å². The molecule has 2 aromatic rings. The van der Waals surface area contributed by atoms with E-state index in [1.54, 1.807) is 6.20 Å². The fraction of sp³-hybridized carbons (Fsp3) is 0.412. The van der Waals surface area contributed by atoms with Crippen molar-refractivity contribution in [1.82, 2.24) is 20.4 Å². The Balaban J connectivity index is 1.58. The first-order valence-corrected chi connectivity index (χ1v) is 7.88. The zero-order chi connectivity index (χ0) is 15.2. The number of nitrogens with one attached hydrogen (secondary N) is 2. The summed E-state index contributed by atoms with van der Waals surface area (Å²) in [5.41, 5.74) is 2.08. The van der Waals surface area contributed by atoms with Gasteiger partial charge in [-0.3, -0.25) is 4.79 Å². The van der Waals surface area contributed by atoms with Gasteiger partial charge >= 0.3 is 0 Å². The summed E-state index contributed by atoms with van der Waals surface area (Å²) in [6.07, 6.45) is 6.49. The van der Waals surface area contributed by atoms with Crippen molar-refractivity contribution in [2.75, 3.05) is 13.1 Å². The average molecular weight is 298 g/mol. The van der Waals surface area contributed by atoms with Gasteiger partial charge in [0.15, 0.2) is 0 Å². The zero-order valence-corrected chi connectivity index (χ0v) is 12.7. The predicted octanol–water partition coefficient (Wildman–Crippen LogP) is 1.88. The van der Waals surface area contributed by atoms with E-state index in [0.29, 0.717) is 18.9 Å². The van der Waals surface area contributed by atoms with E-state index in [2.05, 4.69) is 15.7 Å². The van der Waals surface area contributed by atoms with Crippen LogP contribution in [0.1, 0.15) is 24.8 Å². The van der Waals surface area contributed by atoms with Crippen molar-refractivity contribution in [3.05, 3.63) is 48.3 Å². The first-order chi connectivity index (χ1) is 10.8. The average Bonchev–Trinajstić information content (AvgIpc) is 3.08. The van der Waals surface area contributed by atoms with Crippen molar-refractivity contribution in [1.29, 1.82) is 0 Å². The van der Waals surface area contributed by atoms with Crippen LogP contribution in [0.15, 0.2) is 42.7 Å². The maximum absolute atomic E-state index is 12.1. The molecule has 0 spiro atoms. The molecule has 2 N–H and O–H groups in total. The monoisotopic (exact) mass is 298 g/mol. The number of hydrogen-bond acceptors (Lipinski definition) is 3. The van der Waals surface area contributed by atoms with Gasteiger partial charge in [0.05, 0.1) is 5.69 Å². The van der Waals surface area contributed by atoms with E-state index in [0.717, 1.165) is 37.2 Å². The smallest absolute Gasteiger partial charge is 0.220 e. The third kappa shape index (κ3) is 3.74. The number of aromatic nitrogens is 2. The van der Waals surface area contributed by atoms with Crippen LogP contribution in [-0.2, 0) is 11.3 Å². The number of carbonyl (C=O) groups is 1. The van der Waals surface area contributed by atoms with Gasteiger partial charge in [-0.2, -0.15) is 5.10 Å². The van der Waals surface area contributed by atoms with Gasteiger partial charge in [0.1, 0.15) is 0 Å². The van der Waals surface area contributed by atoms with Crippen molar-refractivity contribution >= 4 is 5.91 Å². The molecule has 116 valence electrons. The molecule has 0 bridgehead atoms. The zero-order valence-electron chi connectivity index (χ0n) is 12.7. The second kappa shape index (κ2) is 7.22. The van der Waals surface area contributed by atoms with Gasteiger partial charge in [-0.25, -0.2) is 4.68 Å². The van der Waals surface area contributed by atoms with E-state index >= 15 is 0 Å². The second-order valence-corrected chi connectivity index (χ2v) is 5.75. The SMILES string of the molecule is O=C(CC1CCNCC1)NCc1ccccc1-n1cccn1. The van der Waals surface area contributed by atoms with Crippen LogP contribution in [0.3, 0.4) is 0 Å². The highest BCUT2D eigenvalue weighted by Crippen LogP contribution is 2.16. The van der Waals surface area contributed by atoms with E-state index in [1.807, 2.05) is 41.2 Å². The Morgan fingerprint density at radius 1 is 1.27 bits per heavy atom. The molecule has 0 atom stereocenters. The Kier molecular flexibility index (Phi) is 4.85. The molecule has 0 aliphatic carbocycles. The molecule has 1 aromatic carbocycles.